The van der Waals surface area contributed by atoms with E-state index in [1.54, 1.807) is 6.07 Å². The van der Waals surface area contributed by atoms with Gasteiger partial charge in [0.1, 0.15) is 24.0 Å². The minimum Gasteiger partial charge on any atom is -0.490 e. The molecule has 2 N–H and O–H groups in total. The molecule has 0 amide bonds. The van der Waals surface area contributed by atoms with Crippen molar-refractivity contribution in [3.63, 3.8) is 0 Å². The minimum atomic E-state index is 0.202. The van der Waals surface area contributed by atoms with Crippen molar-refractivity contribution in [3.05, 3.63) is 62.6 Å². The van der Waals surface area contributed by atoms with Crippen molar-refractivity contribution in [2.75, 3.05) is 19.7 Å². The fraction of sp³-hybridized carbons (Fsp3) is 0.417. The summed E-state index contributed by atoms with van der Waals surface area (Å²) in [5.74, 6) is 2.31. The molecule has 6 nitrogen and oxygen atoms in total. The zero-order valence-corrected chi connectivity index (χ0v) is 20.5. The van der Waals surface area contributed by atoms with Crippen molar-refractivity contribution in [2.24, 2.45) is 15.9 Å². The number of nitrogens with zero attached hydrogens (tertiary/aromatic N) is 4. The molecule has 33 heavy (non-hydrogen) atoms. The first kappa shape index (κ1) is 22.8. The van der Waals surface area contributed by atoms with E-state index >= 15 is 0 Å². The second-order valence-corrected chi connectivity index (χ2v) is 10.1. The molecule has 174 valence electrons. The van der Waals surface area contributed by atoms with Crippen LogP contribution in [0.2, 0.25) is 15.1 Å². The predicted molar refractivity (Wildman–Crippen MR) is 135 cm³/mol. The van der Waals surface area contributed by atoms with E-state index in [-0.39, 0.29) is 6.04 Å². The molecule has 3 heterocycles. The van der Waals surface area contributed by atoms with Gasteiger partial charge in [-0.2, -0.15) is 0 Å². The summed E-state index contributed by atoms with van der Waals surface area (Å²) in [7, 11) is 0. The number of fused-ring (bicyclic) bond motifs is 1. The normalized spacial score (nSPS) is 21.8. The number of benzene rings is 2. The number of rotatable bonds is 3. The number of nitrogens with two attached hydrogens (primary N) is 1. The lowest BCUT2D eigenvalue weighted by atomic mass is 9.97. The van der Waals surface area contributed by atoms with Crippen molar-refractivity contribution < 1.29 is 4.74 Å². The lowest BCUT2D eigenvalue weighted by molar-refractivity contribution is 0.0670. The minimum absolute atomic E-state index is 0.202. The summed E-state index contributed by atoms with van der Waals surface area (Å²) < 4.78 is 6.26. The van der Waals surface area contributed by atoms with Crippen LogP contribution < -0.4 is 10.5 Å². The van der Waals surface area contributed by atoms with E-state index in [0.717, 1.165) is 61.1 Å². The van der Waals surface area contributed by atoms with Gasteiger partial charge < -0.3 is 15.4 Å². The van der Waals surface area contributed by atoms with Gasteiger partial charge in [-0.25, -0.2) is 0 Å². The predicted octanol–water partition coefficient (Wildman–Crippen LogP) is 4.99. The fourth-order valence-electron chi connectivity index (χ4n) is 4.98. The van der Waals surface area contributed by atoms with Gasteiger partial charge in [-0.05, 0) is 49.1 Å². The number of likely N-dealkylation sites (tertiary alicyclic amines) is 1. The van der Waals surface area contributed by atoms with Crippen molar-refractivity contribution in [1.29, 1.82) is 0 Å². The molecule has 2 aromatic carbocycles. The molecule has 3 aliphatic heterocycles. The summed E-state index contributed by atoms with van der Waals surface area (Å²) in [6.07, 6.45) is 3.57. The molecular formula is C24H26Cl3N5O. The highest BCUT2D eigenvalue weighted by atomic mass is 35.5. The third kappa shape index (κ3) is 5.09. The van der Waals surface area contributed by atoms with E-state index in [0.29, 0.717) is 35.0 Å². The Morgan fingerprint density at radius 2 is 1.76 bits per heavy atom. The second kappa shape index (κ2) is 9.71. The smallest absolute Gasteiger partial charge is 0.142 e. The topological polar surface area (TPSA) is 66.5 Å². The van der Waals surface area contributed by atoms with Crippen LogP contribution in [0.3, 0.4) is 0 Å². The van der Waals surface area contributed by atoms with Gasteiger partial charge in [0, 0.05) is 47.3 Å². The number of halogens is 3. The van der Waals surface area contributed by atoms with Gasteiger partial charge in [0.25, 0.3) is 0 Å². The highest BCUT2D eigenvalue weighted by Gasteiger charge is 2.34. The van der Waals surface area contributed by atoms with Crippen LogP contribution in [0.1, 0.15) is 30.4 Å². The van der Waals surface area contributed by atoms with E-state index in [2.05, 4.69) is 32.1 Å². The maximum Gasteiger partial charge on any atom is 0.142 e. The van der Waals surface area contributed by atoms with Crippen LogP contribution in [0.5, 0.6) is 5.75 Å². The zero-order chi connectivity index (χ0) is 22.9. The van der Waals surface area contributed by atoms with Gasteiger partial charge in [0.2, 0.25) is 0 Å². The standard InChI is InChI=1S/C24H26Cl3N5O/c25-17-3-1-15(2-4-17)9-20-14-33-24-16(10-18(26)11-21(24)27)13-32(20)19-5-7-31(8-6-19)23-12-22(28)29-30-23/h1-4,10-11,19-20H,5-9,12-14H2,(H2,28,29). The quantitative estimate of drug-likeness (QED) is 0.637. The Hall–Kier alpha value is -1.99. The summed E-state index contributed by atoms with van der Waals surface area (Å²) in [6.45, 7) is 3.17. The molecule has 5 rings (SSSR count). The summed E-state index contributed by atoms with van der Waals surface area (Å²) >= 11 is 18.9. The van der Waals surface area contributed by atoms with Crippen LogP contribution in [0.15, 0.2) is 46.6 Å². The van der Waals surface area contributed by atoms with Gasteiger partial charge in [-0.15, -0.1) is 10.2 Å². The Labute approximate surface area is 208 Å². The van der Waals surface area contributed by atoms with E-state index in [1.807, 2.05) is 18.2 Å². The Morgan fingerprint density at radius 3 is 2.45 bits per heavy atom. The fourth-order valence-corrected chi connectivity index (χ4v) is 5.69. The monoisotopic (exact) mass is 505 g/mol. The highest BCUT2D eigenvalue weighted by molar-refractivity contribution is 6.35. The lowest BCUT2D eigenvalue weighted by Gasteiger charge is -2.42. The van der Waals surface area contributed by atoms with Gasteiger partial charge in [-0.3, -0.25) is 4.90 Å². The molecule has 1 fully saturated rings. The van der Waals surface area contributed by atoms with Gasteiger partial charge in [-0.1, -0.05) is 46.9 Å². The molecule has 0 aliphatic carbocycles. The Kier molecular flexibility index (Phi) is 6.70. The first-order valence-electron chi connectivity index (χ1n) is 11.2. The number of piperidine rings is 1. The Bertz CT molecular complexity index is 1080. The van der Waals surface area contributed by atoms with E-state index in [9.17, 15) is 0 Å². The van der Waals surface area contributed by atoms with E-state index < -0.39 is 0 Å². The van der Waals surface area contributed by atoms with Gasteiger partial charge in [0.15, 0.2) is 0 Å². The van der Waals surface area contributed by atoms with Crippen LogP contribution in [0.4, 0.5) is 0 Å². The third-order valence-corrected chi connectivity index (χ3v) is 7.39. The first-order valence-corrected chi connectivity index (χ1v) is 12.3. The van der Waals surface area contributed by atoms with Crippen molar-refractivity contribution in [3.8, 4) is 5.75 Å². The molecule has 3 aliphatic rings. The highest BCUT2D eigenvalue weighted by Crippen LogP contribution is 2.37. The molecular weight excluding hydrogens is 481 g/mol. The number of amidine groups is 2. The number of hydrogen-bond donors (Lipinski definition) is 1. The van der Waals surface area contributed by atoms with Crippen molar-refractivity contribution in [1.82, 2.24) is 9.80 Å². The van der Waals surface area contributed by atoms with Crippen LogP contribution in [-0.2, 0) is 13.0 Å². The summed E-state index contributed by atoms with van der Waals surface area (Å²) in [5.41, 5.74) is 8.09. The zero-order valence-electron chi connectivity index (χ0n) is 18.2. The number of ether oxygens (including phenoxy) is 1. The summed E-state index contributed by atoms with van der Waals surface area (Å²) in [6, 6.07) is 12.4. The van der Waals surface area contributed by atoms with E-state index in [4.69, 9.17) is 45.3 Å². The van der Waals surface area contributed by atoms with Crippen LogP contribution in [-0.4, -0.2) is 53.3 Å². The molecule has 1 unspecified atom stereocenters. The van der Waals surface area contributed by atoms with Crippen LogP contribution in [0, 0.1) is 0 Å². The summed E-state index contributed by atoms with van der Waals surface area (Å²) in [5, 5.41) is 10.2. The lowest BCUT2D eigenvalue weighted by Crippen LogP contribution is -2.51. The van der Waals surface area contributed by atoms with E-state index in [1.165, 1.54) is 5.56 Å². The molecule has 1 atom stereocenters. The van der Waals surface area contributed by atoms with Gasteiger partial charge in [0.05, 0.1) is 11.4 Å². The van der Waals surface area contributed by atoms with Crippen LogP contribution >= 0.6 is 34.8 Å². The maximum atomic E-state index is 6.50. The number of hydrogen-bond acceptors (Lipinski definition) is 6. The second-order valence-electron chi connectivity index (χ2n) is 8.85. The molecule has 0 aromatic heterocycles. The van der Waals surface area contributed by atoms with Crippen molar-refractivity contribution in [2.45, 2.75) is 44.3 Å². The largest absolute Gasteiger partial charge is 0.490 e. The Morgan fingerprint density at radius 1 is 1.00 bits per heavy atom. The van der Waals surface area contributed by atoms with Crippen molar-refractivity contribution >= 4 is 46.5 Å². The summed E-state index contributed by atoms with van der Waals surface area (Å²) in [4.78, 5) is 4.88. The molecule has 2 aromatic rings. The molecule has 0 radical (unpaired) electrons. The molecule has 9 heteroatoms. The third-order valence-electron chi connectivity index (χ3n) is 6.64. The molecule has 0 spiro atoms. The SMILES string of the molecule is NC1=NN=C(N2CCC(N3Cc4cc(Cl)cc(Cl)c4OCC3Cc3ccc(Cl)cc3)CC2)C1. The van der Waals surface area contributed by atoms with Gasteiger partial charge >= 0.3 is 0 Å². The average Bonchev–Trinajstić information content (AvgIpc) is 3.15. The van der Waals surface area contributed by atoms with Crippen LogP contribution in [0.25, 0.3) is 0 Å². The molecule has 0 bridgehead atoms. The maximum absolute atomic E-state index is 6.50. The first-order chi connectivity index (χ1) is 16.0. The molecule has 1 saturated heterocycles. The Balaban J connectivity index is 1.37. The average molecular weight is 507 g/mol. The molecule has 0 saturated carbocycles.